The summed E-state index contributed by atoms with van der Waals surface area (Å²) in [4.78, 5) is 0.103. The quantitative estimate of drug-likeness (QED) is 0.755. The highest BCUT2D eigenvalue weighted by molar-refractivity contribution is 9.11. The topological polar surface area (TPSA) is 75.6 Å². The fourth-order valence-corrected chi connectivity index (χ4v) is 4.01. The molecule has 0 amide bonds. The Morgan fingerprint density at radius 3 is 2.67 bits per heavy atom. The smallest absolute Gasteiger partial charge is 0.242 e. The highest BCUT2D eigenvalue weighted by atomic mass is 79.9. The predicted molar refractivity (Wildman–Crippen MR) is 74.9 cm³/mol. The molecule has 0 bridgehead atoms. The van der Waals surface area contributed by atoms with Crippen LogP contribution in [0.15, 0.2) is 32.0 Å². The van der Waals surface area contributed by atoms with Crippen LogP contribution in [-0.2, 0) is 14.8 Å². The number of rotatable bonds is 6. The maximum atomic E-state index is 12.1. The average Bonchev–Trinajstić information content (AvgIpc) is 2.31. The molecule has 0 saturated heterocycles. The lowest BCUT2D eigenvalue weighted by molar-refractivity contribution is 0.139. The zero-order chi connectivity index (χ0) is 13.8. The lowest BCUT2D eigenvalue weighted by atomic mass is 10.4. The van der Waals surface area contributed by atoms with E-state index < -0.39 is 16.1 Å². The van der Waals surface area contributed by atoms with Gasteiger partial charge in [-0.1, -0.05) is 15.9 Å². The molecule has 0 aliphatic rings. The Bertz CT molecular complexity index is 507. The Morgan fingerprint density at radius 2 is 2.11 bits per heavy atom. The molecule has 102 valence electrons. The number of halogens is 2. The van der Waals surface area contributed by atoms with Gasteiger partial charge >= 0.3 is 0 Å². The second-order valence-corrected chi connectivity index (χ2v) is 6.98. The second kappa shape index (κ2) is 6.97. The number of hydrogen-bond donors (Lipinski definition) is 2. The van der Waals surface area contributed by atoms with Crippen LogP contribution in [0.2, 0.25) is 0 Å². The number of ether oxygens (including phenoxy) is 1. The Morgan fingerprint density at radius 1 is 1.44 bits per heavy atom. The van der Waals surface area contributed by atoms with Crippen LogP contribution in [0.1, 0.15) is 0 Å². The summed E-state index contributed by atoms with van der Waals surface area (Å²) in [6.45, 7) is -0.236. The van der Waals surface area contributed by atoms with E-state index in [0.29, 0.717) is 8.95 Å². The first-order valence-electron chi connectivity index (χ1n) is 4.98. The fourth-order valence-electron chi connectivity index (χ4n) is 1.29. The van der Waals surface area contributed by atoms with Gasteiger partial charge < -0.3 is 9.84 Å². The molecule has 0 aliphatic heterocycles. The van der Waals surface area contributed by atoms with Crippen molar-refractivity contribution in [3.05, 3.63) is 27.1 Å². The van der Waals surface area contributed by atoms with E-state index in [4.69, 9.17) is 9.84 Å². The van der Waals surface area contributed by atoms with Crippen LogP contribution in [0.4, 0.5) is 0 Å². The SMILES string of the molecule is COCC(CO)NS(=O)(=O)c1cc(Br)ccc1Br. The maximum Gasteiger partial charge on any atom is 0.242 e. The molecule has 0 saturated carbocycles. The largest absolute Gasteiger partial charge is 0.395 e. The van der Waals surface area contributed by atoms with E-state index in [9.17, 15) is 8.42 Å². The summed E-state index contributed by atoms with van der Waals surface area (Å²) < 4.78 is 32.5. The summed E-state index contributed by atoms with van der Waals surface area (Å²) in [6, 6.07) is 4.16. The molecule has 0 heterocycles. The third-order valence-electron chi connectivity index (χ3n) is 2.09. The minimum absolute atomic E-state index is 0.0986. The van der Waals surface area contributed by atoms with Crippen LogP contribution in [0.3, 0.4) is 0 Å². The van der Waals surface area contributed by atoms with E-state index in [2.05, 4.69) is 36.6 Å². The molecular weight excluding hydrogens is 390 g/mol. The molecule has 2 N–H and O–H groups in total. The first-order chi connectivity index (χ1) is 8.40. The van der Waals surface area contributed by atoms with Gasteiger partial charge in [0, 0.05) is 16.1 Å². The van der Waals surface area contributed by atoms with Crippen molar-refractivity contribution in [2.45, 2.75) is 10.9 Å². The highest BCUT2D eigenvalue weighted by Gasteiger charge is 2.22. The molecule has 5 nitrogen and oxygen atoms in total. The molecule has 18 heavy (non-hydrogen) atoms. The van der Waals surface area contributed by atoms with Crippen LogP contribution >= 0.6 is 31.9 Å². The van der Waals surface area contributed by atoms with Gasteiger partial charge in [0.2, 0.25) is 10.0 Å². The third-order valence-corrected chi connectivity index (χ3v) is 5.10. The normalized spacial score (nSPS) is 13.6. The van der Waals surface area contributed by atoms with Gasteiger partial charge in [0.1, 0.15) is 0 Å². The van der Waals surface area contributed by atoms with E-state index in [1.807, 2.05) is 0 Å². The summed E-state index contributed by atoms with van der Waals surface area (Å²) in [5.41, 5.74) is 0. The van der Waals surface area contributed by atoms with Crippen LogP contribution in [0, 0.1) is 0 Å². The van der Waals surface area contributed by atoms with Gasteiger partial charge in [-0.3, -0.25) is 0 Å². The number of nitrogens with one attached hydrogen (secondary N) is 1. The van der Waals surface area contributed by atoms with E-state index in [1.165, 1.54) is 13.2 Å². The minimum atomic E-state index is -3.71. The number of aliphatic hydroxyl groups is 1. The Balaban J connectivity index is 3.02. The van der Waals surface area contributed by atoms with Gasteiger partial charge in [-0.25, -0.2) is 13.1 Å². The monoisotopic (exact) mass is 401 g/mol. The highest BCUT2D eigenvalue weighted by Crippen LogP contribution is 2.25. The molecule has 1 unspecified atom stereocenters. The van der Waals surface area contributed by atoms with Crippen molar-refractivity contribution in [3.63, 3.8) is 0 Å². The van der Waals surface area contributed by atoms with Crippen LogP contribution in [0.5, 0.6) is 0 Å². The zero-order valence-corrected chi connectivity index (χ0v) is 13.5. The number of hydrogen-bond acceptors (Lipinski definition) is 4. The van der Waals surface area contributed by atoms with Crippen molar-refractivity contribution in [1.29, 1.82) is 0 Å². The third kappa shape index (κ3) is 4.29. The van der Waals surface area contributed by atoms with Gasteiger partial charge in [0.25, 0.3) is 0 Å². The number of benzene rings is 1. The van der Waals surface area contributed by atoms with Crippen molar-refractivity contribution < 1.29 is 18.3 Å². The molecule has 0 aromatic heterocycles. The molecule has 1 aromatic rings. The minimum Gasteiger partial charge on any atom is -0.395 e. The molecular formula is C10H13Br2NO4S. The van der Waals surface area contributed by atoms with Crippen molar-refractivity contribution in [2.24, 2.45) is 0 Å². The lowest BCUT2D eigenvalue weighted by Crippen LogP contribution is -2.40. The van der Waals surface area contributed by atoms with Crippen molar-refractivity contribution in [2.75, 3.05) is 20.3 Å². The van der Waals surface area contributed by atoms with E-state index in [0.717, 1.165) is 0 Å². The molecule has 1 atom stereocenters. The summed E-state index contributed by atoms with van der Waals surface area (Å²) in [5, 5.41) is 9.06. The van der Waals surface area contributed by atoms with Crippen molar-refractivity contribution in [1.82, 2.24) is 4.72 Å². The summed E-state index contributed by atoms with van der Waals surface area (Å²) >= 11 is 6.40. The maximum absolute atomic E-state index is 12.1. The first kappa shape index (κ1) is 16.1. The van der Waals surface area contributed by atoms with Gasteiger partial charge in [0.05, 0.1) is 24.2 Å². The van der Waals surface area contributed by atoms with Crippen molar-refractivity contribution in [3.8, 4) is 0 Å². The van der Waals surface area contributed by atoms with E-state index in [1.54, 1.807) is 12.1 Å². The van der Waals surface area contributed by atoms with E-state index in [-0.39, 0.29) is 18.1 Å². The van der Waals surface area contributed by atoms with Crippen molar-refractivity contribution >= 4 is 41.9 Å². The molecule has 1 aromatic carbocycles. The lowest BCUT2D eigenvalue weighted by Gasteiger charge is -2.16. The Kier molecular flexibility index (Phi) is 6.22. The van der Waals surface area contributed by atoms with Gasteiger partial charge in [0.15, 0.2) is 0 Å². The second-order valence-electron chi connectivity index (χ2n) is 3.53. The average molecular weight is 403 g/mol. The summed E-state index contributed by atoms with van der Waals surface area (Å²) in [6.07, 6.45) is 0. The zero-order valence-electron chi connectivity index (χ0n) is 9.56. The molecule has 0 aliphatic carbocycles. The predicted octanol–water partition coefficient (Wildman–Crippen LogP) is 1.50. The number of aliphatic hydroxyl groups excluding tert-OH is 1. The fraction of sp³-hybridized carbons (Fsp3) is 0.400. The molecule has 0 fully saturated rings. The van der Waals surface area contributed by atoms with Gasteiger partial charge in [-0.2, -0.15) is 0 Å². The number of sulfonamides is 1. The molecule has 1 rings (SSSR count). The van der Waals surface area contributed by atoms with Gasteiger partial charge in [-0.05, 0) is 34.1 Å². The van der Waals surface area contributed by atoms with Crippen LogP contribution in [0.25, 0.3) is 0 Å². The van der Waals surface area contributed by atoms with Crippen LogP contribution < -0.4 is 4.72 Å². The molecule has 0 spiro atoms. The molecule has 0 radical (unpaired) electrons. The van der Waals surface area contributed by atoms with Gasteiger partial charge in [-0.15, -0.1) is 0 Å². The van der Waals surface area contributed by atoms with E-state index >= 15 is 0 Å². The Labute approximate surface area is 123 Å². The Hall–Kier alpha value is 0.01000. The first-order valence-corrected chi connectivity index (χ1v) is 8.05. The summed E-state index contributed by atoms with van der Waals surface area (Å²) in [5.74, 6) is 0. The number of methoxy groups -OCH3 is 1. The standard InChI is InChI=1S/C10H13Br2NO4S/c1-17-6-8(5-14)13-18(15,16)10-4-7(11)2-3-9(10)12/h2-4,8,13-14H,5-6H2,1H3. The summed E-state index contributed by atoms with van der Waals surface area (Å²) in [7, 11) is -2.28. The molecule has 8 heteroatoms. The van der Waals surface area contributed by atoms with Crippen LogP contribution in [-0.4, -0.2) is 39.9 Å².